The molecule has 0 bridgehead atoms. The summed E-state index contributed by atoms with van der Waals surface area (Å²) in [6, 6.07) is 7.85. The molecule has 2 rings (SSSR count). The van der Waals surface area contributed by atoms with Crippen LogP contribution >= 0.6 is 0 Å². The number of aliphatic hydroxyl groups excluding tert-OH is 1. The summed E-state index contributed by atoms with van der Waals surface area (Å²) in [7, 11) is 0. The minimum absolute atomic E-state index is 0.0702. The quantitative estimate of drug-likeness (QED) is 0.675. The molecule has 6 nitrogen and oxygen atoms in total. The highest BCUT2D eigenvalue weighted by molar-refractivity contribution is 5.51. The molecule has 0 saturated heterocycles. The molecule has 2 aromatic carbocycles. The lowest BCUT2D eigenvalue weighted by Gasteiger charge is -2.13. The molecule has 118 valence electrons. The van der Waals surface area contributed by atoms with E-state index in [2.05, 4.69) is 0 Å². The maximum Gasteiger partial charge on any atom is 0.312 e. The Labute approximate surface area is 129 Å². The summed E-state index contributed by atoms with van der Waals surface area (Å²) in [5, 5.41) is 29.5. The van der Waals surface area contributed by atoms with E-state index in [-0.39, 0.29) is 16.9 Å². The fourth-order valence-electron chi connectivity index (χ4n) is 1.88. The van der Waals surface area contributed by atoms with Gasteiger partial charge in [-0.15, -0.1) is 0 Å². The summed E-state index contributed by atoms with van der Waals surface area (Å²) in [6.45, 7) is -0.521. The molecule has 0 spiro atoms. The van der Waals surface area contributed by atoms with Crippen LogP contribution in [-0.4, -0.2) is 16.6 Å². The van der Waals surface area contributed by atoms with Crippen molar-refractivity contribution in [2.75, 3.05) is 6.61 Å². The molecule has 8 heteroatoms. The number of nitro groups is 1. The lowest BCUT2D eigenvalue weighted by Crippen LogP contribution is -2.12. The van der Waals surface area contributed by atoms with E-state index in [1.54, 1.807) is 6.07 Å². The van der Waals surface area contributed by atoms with Gasteiger partial charge in [-0.05, 0) is 30.3 Å². The van der Waals surface area contributed by atoms with Crippen molar-refractivity contribution in [2.24, 2.45) is 0 Å². The number of ether oxygens (including phenoxy) is 1. The van der Waals surface area contributed by atoms with Gasteiger partial charge in [-0.3, -0.25) is 10.1 Å². The topological polar surface area (TPSA) is 96.4 Å². The van der Waals surface area contributed by atoms with Gasteiger partial charge in [-0.1, -0.05) is 0 Å². The summed E-state index contributed by atoms with van der Waals surface area (Å²) in [6.07, 6.45) is -1.51. The first-order chi connectivity index (χ1) is 10.9. The zero-order valence-corrected chi connectivity index (χ0v) is 11.6. The molecular formula is C15H10F2N2O4. The molecule has 2 aromatic rings. The highest BCUT2D eigenvalue weighted by Crippen LogP contribution is 2.29. The third-order valence-electron chi connectivity index (χ3n) is 3.00. The Bertz CT molecular complexity index is 790. The van der Waals surface area contributed by atoms with Crippen LogP contribution < -0.4 is 4.74 Å². The summed E-state index contributed by atoms with van der Waals surface area (Å²) in [4.78, 5) is 10.2. The molecule has 1 N–H and O–H groups in total. The molecule has 0 heterocycles. The molecule has 0 fully saturated rings. The van der Waals surface area contributed by atoms with Crippen molar-refractivity contribution in [3.05, 3.63) is 69.3 Å². The summed E-state index contributed by atoms with van der Waals surface area (Å²) >= 11 is 0. The average Bonchev–Trinajstić information content (AvgIpc) is 2.54. The number of nitriles is 1. The number of aliphatic hydroxyl groups is 1. The van der Waals surface area contributed by atoms with Crippen LogP contribution in [0.1, 0.15) is 17.2 Å². The molecule has 0 saturated carbocycles. The molecule has 0 radical (unpaired) electrons. The van der Waals surface area contributed by atoms with E-state index >= 15 is 0 Å². The molecule has 1 atom stereocenters. The Kier molecular flexibility index (Phi) is 4.83. The first-order valence-corrected chi connectivity index (χ1v) is 6.36. The Morgan fingerprint density at radius 2 is 2.04 bits per heavy atom. The van der Waals surface area contributed by atoms with Crippen molar-refractivity contribution in [1.82, 2.24) is 0 Å². The first kappa shape index (κ1) is 16.3. The molecule has 23 heavy (non-hydrogen) atoms. The number of hydrogen-bond donors (Lipinski definition) is 1. The monoisotopic (exact) mass is 320 g/mol. The van der Waals surface area contributed by atoms with E-state index in [1.165, 1.54) is 12.1 Å². The maximum absolute atomic E-state index is 13.5. The Balaban J connectivity index is 2.19. The van der Waals surface area contributed by atoms with Gasteiger partial charge in [0.05, 0.1) is 16.6 Å². The van der Waals surface area contributed by atoms with E-state index in [4.69, 9.17) is 10.00 Å². The lowest BCUT2D eigenvalue weighted by atomic mass is 10.1. The van der Waals surface area contributed by atoms with E-state index in [0.29, 0.717) is 0 Å². The van der Waals surface area contributed by atoms with E-state index in [0.717, 1.165) is 24.3 Å². The van der Waals surface area contributed by atoms with Crippen LogP contribution in [0.2, 0.25) is 0 Å². The number of halogens is 2. The highest BCUT2D eigenvalue weighted by atomic mass is 19.1. The Hall–Kier alpha value is -3.05. The van der Waals surface area contributed by atoms with Crippen LogP contribution in [0.15, 0.2) is 36.4 Å². The van der Waals surface area contributed by atoms with E-state index < -0.39 is 35.0 Å². The third-order valence-corrected chi connectivity index (χ3v) is 3.00. The van der Waals surface area contributed by atoms with Gasteiger partial charge in [0, 0.05) is 11.6 Å². The molecule has 0 aliphatic carbocycles. The zero-order valence-electron chi connectivity index (χ0n) is 11.6. The van der Waals surface area contributed by atoms with Crippen LogP contribution in [0.4, 0.5) is 14.5 Å². The number of hydrogen-bond acceptors (Lipinski definition) is 5. The molecular weight excluding hydrogens is 310 g/mol. The lowest BCUT2D eigenvalue weighted by molar-refractivity contribution is -0.386. The SMILES string of the molecule is N#Cc1ccc(OCC(O)c2cc(F)ccc2F)c([N+](=O)[O-])c1. The number of benzene rings is 2. The van der Waals surface area contributed by atoms with Gasteiger partial charge < -0.3 is 9.84 Å². The van der Waals surface area contributed by atoms with Crippen molar-refractivity contribution >= 4 is 5.69 Å². The van der Waals surface area contributed by atoms with Crippen LogP contribution in [0, 0.1) is 33.1 Å². The molecule has 0 aliphatic heterocycles. The molecule has 0 aliphatic rings. The standard InChI is InChI=1S/C15H10F2N2O4/c16-10-2-3-12(17)11(6-10)14(20)8-23-15-4-1-9(7-18)5-13(15)19(21)22/h1-6,14,20H,8H2. The van der Waals surface area contributed by atoms with Gasteiger partial charge in [0.1, 0.15) is 24.3 Å². The fourth-order valence-corrected chi connectivity index (χ4v) is 1.88. The van der Waals surface area contributed by atoms with Crippen molar-refractivity contribution in [1.29, 1.82) is 5.26 Å². The number of nitro benzene ring substituents is 1. The largest absolute Gasteiger partial charge is 0.484 e. The minimum Gasteiger partial charge on any atom is -0.484 e. The van der Waals surface area contributed by atoms with Gasteiger partial charge >= 0.3 is 5.69 Å². The second kappa shape index (κ2) is 6.81. The highest BCUT2D eigenvalue weighted by Gasteiger charge is 2.19. The van der Waals surface area contributed by atoms with Crippen molar-refractivity contribution in [3.8, 4) is 11.8 Å². The predicted octanol–water partition coefficient (Wildman–Crippen LogP) is 2.86. The van der Waals surface area contributed by atoms with Gasteiger partial charge in [0.15, 0.2) is 5.75 Å². The van der Waals surface area contributed by atoms with Gasteiger partial charge in [-0.2, -0.15) is 5.26 Å². The Morgan fingerprint density at radius 1 is 1.30 bits per heavy atom. The fraction of sp³-hybridized carbons (Fsp3) is 0.133. The van der Waals surface area contributed by atoms with Crippen molar-refractivity contribution < 1.29 is 23.5 Å². The molecule has 1 unspecified atom stereocenters. The van der Waals surface area contributed by atoms with E-state index in [1.807, 2.05) is 0 Å². The zero-order chi connectivity index (χ0) is 17.0. The van der Waals surface area contributed by atoms with Crippen LogP contribution in [0.5, 0.6) is 5.75 Å². The predicted molar refractivity (Wildman–Crippen MR) is 74.6 cm³/mol. The Morgan fingerprint density at radius 3 is 2.70 bits per heavy atom. The molecule has 0 amide bonds. The van der Waals surface area contributed by atoms with Crippen LogP contribution in [0.3, 0.4) is 0 Å². The summed E-state index contributed by atoms with van der Waals surface area (Å²) in [5.74, 6) is -1.74. The minimum atomic E-state index is -1.51. The van der Waals surface area contributed by atoms with Crippen molar-refractivity contribution in [2.45, 2.75) is 6.10 Å². The smallest absolute Gasteiger partial charge is 0.312 e. The number of nitrogens with zero attached hydrogens (tertiary/aromatic N) is 2. The average molecular weight is 320 g/mol. The van der Waals surface area contributed by atoms with Crippen molar-refractivity contribution in [3.63, 3.8) is 0 Å². The third kappa shape index (κ3) is 3.78. The summed E-state index contributed by atoms with van der Waals surface area (Å²) < 4.78 is 31.7. The van der Waals surface area contributed by atoms with Crippen LogP contribution in [0.25, 0.3) is 0 Å². The maximum atomic E-state index is 13.5. The molecule has 0 aromatic heterocycles. The van der Waals surface area contributed by atoms with Gasteiger partial charge in [0.2, 0.25) is 0 Å². The first-order valence-electron chi connectivity index (χ1n) is 6.36. The van der Waals surface area contributed by atoms with E-state index in [9.17, 15) is 24.0 Å². The van der Waals surface area contributed by atoms with Crippen LogP contribution in [-0.2, 0) is 0 Å². The normalized spacial score (nSPS) is 11.6. The summed E-state index contributed by atoms with van der Waals surface area (Å²) in [5.41, 5.74) is -0.710. The van der Waals surface area contributed by atoms with Gasteiger partial charge in [0.25, 0.3) is 0 Å². The second-order valence-electron chi connectivity index (χ2n) is 4.54. The number of rotatable bonds is 5. The second-order valence-corrected chi connectivity index (χ2v) is 4.54. The van der Waals surface area contributed by atoms with Gasteiger partial charge in [-0.25, -0.2) is 8.78 Å².